The van der Waals surface area contributed by atoms with Crippen LogP contribution in [0.25, 0.3) is 0 Å². The summed E-state index contributed by atoms with van der Waals surface area (Å²) in [6, 6.07) is -0.192. The van der Waals surface area contributed by atoms with Crippen molar-refractivity contribution in [2.24, 2.45) is 0 Å². The number of hydrogen-bond acceptors (Lipinski definition) is 3. The molecule has 1 fully saturated rings. The molecule has 4 nitrogen and oxygen atoms in total. The average Bonchev–Trinajstić information content (AvgIpc) is 2.16. The van der Waals surface area contributed by atoms with Crippen molar-refractivity contribution in [2.75, 3.05) is 23.9 Å². The number of carbonyl (C=O) groups is 1. The van der Waals surface area contributed by atoms with Crippen LogP contribution in [0.4, 0.5) is 0 Å². The molecule has 6 heteroatoms. The Hall–Kier alpha value is -0.290. The molecule has 1 aliphatic heterocycles. The van der Waals surface area contributed by atoms with Gasteiger partial charge in [-0.05, 0) is 19.8 Å². The van der Waals surface area contributed by atoms with E-state index in [4.69, 9.17) is 11.6 Å². The highest BCUT2D eigenvalue weighted by Gasteiger charge is 2.30. The smallest absolute Gasteiger partial charge is 0.222 e. The van der Waals surface area contributed by atoms with Crippen LogP contribution in [0, 0.1) is 0 Å². The van der Waals surface area contributed by atoms with Gasteiger partial charge in [-0.15, -0.1) is 11.6 Å². The van der Waals surface area contributed by atoms with Crippen LogP contribution in [0.5, 0.6) is 0 Å². The molecule has 1 amide bonds. The SMILES string of the molecule is CC1CS(=O)(=O)CCN1C(=O)CCCCCl. The van der Waals surface area contributed by atoms with Gasteiger partial charge in [-0.1, -0.05) is 0 Å². The molecule has 0 spiro atoms. The van der Waals surface area contributed by atoms with Crippen molar-refractivity contribution in [2.45, 2.75) is 32.2 Å². The zero-order chi connectivity index (χ0) is 12.2. The van der Waals surface area contributed by atoms with Crippen molar-refractivity contribution in [1.29, 1.82) is 0 Å². The molecular formula is C10H18ClNO3S. The van der Waals surface area contributed by atoms with Crippen LogP contribution >= 0.6 is 11.6 Å². The average molecular weight is 268 g/mol. The van der Waals surface area contributed by atoms with Crippen LogP contribution in [0.2, 0.25) is 0 Å². The fourth-order valence-corrected chi connectivity index (χ4v) is 3.63. The van der Waals surface area contributed by atoms with E-state index in [1.54, 1.807) is 11.8 Å². The van der Waals surface area contributed by atoms with Gasteiger partial charge in [0, 0.05) is 24.9 Å². The first-order valence-corrected chi connectivity index (χ1v) is 7.88. The second-order valence-electron chi connectivity index (χ2n) is 4.20. The molecule has 0 aromatic rings. The summed E-state index contributed by atoms with van der Waals surface area (Å²) in [5.41, 5.74) is 0. The summed E-state index contributed by atoms with van der Waals surface area (Å²) in [5, 5.41) is 0. The fraction of sp³-hybridized carbons (Fsp3) is 0.900. The summed E-state index contributed by atoms with van der Waals surface area (Å²) in [5.74, 6) is 0.803. The number of rotatable bonds is 4. The Morgan fingerprint density at radius 3 is 2.69 bits per heavy atom. The van der Waals surface area contributed by atoms with Gasteiger partial charge in [-0.2, -0.15) is 0 Å². The Morgan fingerprint density at radius 2 is 2.12 bits per heavy atom. The molecule has 16 heavy (non-hydrogen) atoms. The molecule has 0 aliphatic carbocycles. The van der Waals surface area contributed by atoms with Crippen molar-refractivity contribution >= 4 is 27.3 Å². The summed E-state index contributed by atoms with van der Waals surface area (Å²) in [4.78, 5) is 13.5. The molecule has 0 N–H and O–H groups in total. The lowest BCUT2D eigenvalue weighted by atomic mass is 10.2. The number of alkyl halides is 1. The van der Waals surface area contributed by atoms with Crippen LogP contribution in [0.3, 0.4) is 0 Å². The lowest BCUT2D eigenvalue weighted by Crippen LogP contribution is -2.49. The maximum atomic E-state index is 11.8. The molecule has 0 aromatic heterocycles. The van der Waals surface area contributed by atoms with Gasteiger partial charge in [0.25, 0.3) is 0 Å². The van der Waals surface area contributed by atoms with Crippen molar-refractivity contribution in [3.8, 4) is 0 Å². The first-order valence-electron chi connectivity index (χ1n) is 5.52. The lowest BCUT2D eigenvalue weighted by Gasteiger charge is -2.33. The molecule has 1 aliphatic rings. The van der Waals surface area contributed by atoms with Crippen molar-refractivity contribution in [1.82, 2.24) is 4.90 Å². The number of carbonyl (C=O) groups excluding carboxylic acids is 1. The maximum absolute atomic E-state index is 11.8. The van der Waals surface area contributed by atoms with Gasteiger partial charge in [0.15, 0.2) is 9.84 Å². The second-order valence-corrected chi connectivity index (χ2v) is 6.80. The summed E-state index contributed by atoms with van der Waals surface area (Å²) in [6.07, 6.45) is 2.07. The van der Waals surface area contributed by atoms with Crippen molar-refractivity contribution in [3.05, 3.63) is 0 Å². The Morgan fingerprint density at radius 1 is 1.44 bits per heavy atom. The van der Waals surface area contributed by atoms with Crippen LogP contribution in [0.1, 0.15) is 26.2 Å². The molecular weight excluding hydrogens is 250 g/mol. The highest BCUT2D eigenvalue weighted by Crippen LogP contribution is 2.13. The predicted octanol–water partition coefficient (Wildman–Crippen LogP) is 1.04. The topological polar surface area (TPSA) is 54.5 Å². The number of sulfone groups is 1. The summed E-state index contributed by atoms with van der Waals surface area (Å²) < 4.78 is 22.7. The lowest BCUT2D eigenvalue weighted by molar-refractivity contribution is -0.132. The highest BCUT2D eigenvalue weighted by molar-refractivity contribution is 7.91. The minimum atomic E-state index is -2.94. The third-order valence-corrected chi connectivity index (χ3v) is 4.83. The summed E-state index contributed by atoms with van der Waals surface area (Å²) in [6.45, 7) is 2.12. The largest absolute Gasteiger partial charge is 0.338 e. The van der Waals surface area contributed by atoms with Gasteiger partial charge in [0.1, 0.15) is 0 Å². The van der Waals surface area contributed by atoms with Crippen LogP contribution in [-0.2, 0) is 14.6 Å². The standard InChI is InChI=1S/C10H18ClNO3S/c1-9-8-16(14,15)7-6-12(9)10(13)4-2-3-5-11/h9H,2-8H2,1H3. The van der Waals surface area contributed by atoms with E-state index in [-0.39, 0.29) is 23.5 Å². The first kappa shape index (κ1) is 13.8. The van der Waals surface area contributed by atoms with Gasteiger partial charge in [-0.25, -0.2) is 8.42 Å². The molecule has 1 unspecified atom stereocenters. The number of hydrogen-bond donors (Lipinski definition) is 0. The number of nitrogens with zero attached hydrogens (tertiary/aromatic N) is 1. The van der Waals surface area contributed by atoms with Crippen LogP contribution in [0.15, 0.2) is 0 Å². The second kappa shape index (κ2) is 5.87. The van der Waals surface area contributed by atoms with Crippen molar-refractivity contribution in [3.63, 3.8) is 0 Å². The minimum Gasteiger partial charge on any atom is -0.338 e. The predicted molar refractivity (Wildman–Crippen MR) is 64.4 cm³/mol. The Labute approximate surface area is 102 Å². The molecule has 1 heterocycles. The summed E-state index contributed by atoms with van der Waals surface area (Å²) >= 11 is 5.53. The monoisotopic (exact) mass is 267 g/mol. The normalized spacial score (nSPS) is 24.4. The first-order chi connectivity index (χ1) is 7.46. The van der Waals surface area contributed by atoms with E-state index >= 15 is 0 Å². The van der Waals surface area contributed by atoms with Gasteiger partial charge in [-0.3, -0.25) is 4.79 Å². The number of unbranched alkanes of at least 4 members (excludes halogenated alkanes) is 1. The van der Waals surface area contributed by atoms with E-state index < -0.39 is 9.84 Å². The quantitative estimate of drug-likeness (QED) is 0.565. The molecule has 1 atom stereocenters. The number of amides is 1. The highest BCUT2D eigenvalue weighted by atomic mass is 35.5. The van der Waals surface area contributed by atoms with E-state index in [0.29, 0.717) is 18.8 Å². The van der Waals surface area contributed by atoms with Crippen molar-refractivity contribution < 1.29 is 13.2 Å². The van der Waals surface area contributed by atoms with Gasteiger partial charge >= 0.3 is 0 Å². The van der Waals surface area contributed by atoms with E-state index in [1.165, 1.54) is 0 Å². The van der Waals surface area contributed by atoms with Gasteiger partial charge < -0.3 is 4.90 Å². The van der Waals surface area contributed by atoms with E-state index in [2.05, 4.69) is 0 Å². The van der Waals surface area contributed by atoms with E-state index in [1.807, 2.05) is 0 Å². The third-order valence-electron chi connectivity index (χ3n) is 2.77. The minimum absolute atomic E-state index is 0.0486. The third kappa shape index (κ3) is 3.94. The Balaban J connectivity index is 2.46. The molecule has 94 valence electrons. The number of halogens is 1. The van der Waals surface area contributed by atoms with E-state index in [9.17, 15) is 13.2 Å². The zero-order valence-electron chi connectivity index (χ0n) is 9.49. The maximum Gasteiger partial charge on any atom is 0.222 e. The summed E-state index contributed by atoms with van der Waals surface area (Å²) in [7, 11) is -2.94. The van der Waals surface area contributed by atoms with E-state index in [0.717, 1.165) is 12.8 Å². The van der Waals surface area contributed by atoms with Crippen LogP contribution < -0.4 is 0 Å². The molecule has 0 saturated carbocycles. The molecule has 1 rings (SSSR count). The fourth-order valence-electron chi connectivity index (χ4n) is 1.88. The van der Waals surface area contributed by atoms with Crippen LogP contribution in [-0.4, -0.2) is 49.2 Å². The molecule has 0 radical (unpaired) electrons. The van der Waals surface area contributed by atoms with Gasteiger partial charge in [0.2, 0.25) is 5.91 Å². The molecule has 1 saturated heterocycles. The Bertz CT molecular complexity index is 342. The van der Waals surface area contributed by atoms with Gasteiger partial charge in [0.05, 0.1) is 11.5 Å². The molecule has 0 aromatic carbocycles. The molecule has 0 bridgehead atoms. The zero-order valence-corrected chi connectivity index (χ0v) is 11.1. The Kier molecular flexibility index (Phi) is 5.05.